The topological polar surface area (TPSA) is 56.5 Å². The minimum absolute atomic E-state index is 0.837. The molecule has 3 aromatic carbocycles. The zero-order valence-corrected chi connectivity index (χ0v) is 16.2. The number of fused-ring (bicyclic) bond motifs is 13. The lowest BCUT2D eigenvalue weighted by Gasteiger charge is -2.07. The van der Waals surface area contributed by atoms with Crippen LogP contribution in [0.2, 0.25) is 0 Å². The molecular formula is C26H13N3O2. The van der Waals surface area contributed by atoms with E-state index in [9.17, 15) is 0 Å². The number of imidazole rings is 1. The molecule has 144 valence electrons. The van der Waals surface area contributed by atoms with Crippen LogP contribution in [0.15, 0.2) is 88.1 Å². The number of hydrogen-bond acceptors (Lipinski definition) is 4. The van der Waals surface area contributed by atoms with Crippen LogP contribution in [0.25, 0.3) is 71.3 Å². The lowest BCUT2D eigenvalue weighted by atomic mass is 10.0. The third-order valence-corrected chi connectivity index (χ3v) is 6.31. The Morgan fingerprint density at radius 3 is 2.58 bits per heavy atom. The van der Waals surface area contributed by atoms with Crippen LogP contribution in [0.5, 0.6) is 0 Å². The minimum atomic E-state index is 0.837. The van der Waals surface area contributed by atoms with Crippen LogP contribution in [-0.2, 0) is 0 Å². The Morgan fingerprint density at radius 2 is 1.58 bits per heavy atom. The summed E-state index contributed by atoms with van der Waals surface area (Å²) in [6.45, 7) is 0. The summed E-state index contributed by atoms with van der Waals surface area (Å²) >= 11 is 0. The molecule has 0 aliphatic carbocycles. The van der Waals surface area contributed by atoms with Crippen molar-refractivity contribution in [2.24, 2.45) is 0 Å². The van der Waals surface area contributed by atoms with Crippen molar-refractivity contribution in [3.05, 3.63) is 79.3 Å². The fourth-order valence-corrected chi connectivity index (χ4v) is 4.97. The quantitative estimate of drug-likeness (QED) is 0.262. The predicted octanol–water partition coefficient (Wildman–Crippen LogP) is 6.83. The van der Waals surface area contributed by atoms with Gasteiger partial charge in [-0.25, -0.2) is 4.98 Å². The van der Waals surface area contributed by atoms with Gasteiger partial charge in [-0.05, 0) is 30.3 Å². The van der Waals surface area contributed by atoms with Crippen LogP contribution in [0.3, 0.4) is 0 Å². The molecule has 8 rings (SSSR count). The van der Waals surface area contributed by atoms with Gasteiger partial charge in [0.1, 0.15) is 27.8 Å². The summed E-state index contributed by atoms with van der Waals surface area (Å²) in [5.74, 6) is 0. The molecule has 0 saturated carbocycles. The van der Waals surface area contributed by atoms with Crippen molar-refractivity contribution in [1.82, 2.24) is 14.4 Å². The van der Waals surface area contributed by atoms with E-state index in [0.717, 1.165) is 71.3 Å². The lowest BCUT2D eigenvalue weighted by molar-refractivity contribution is 0.663. The molecule has 0 amide bonds. The number of furan rings is 2. The van der Waals surface area contributed by atoms with Crippen molar-refractivity contribution in [2.45, 2.75) is 0 Å². The Morgan fingerprint density at radius 1 is 0.645 bits per heavy atom. The Labute approximate surface area is 174 Å². The van der Waals surface area contributed by atoms with Crippen LogP contribution < -0.4 is 0 Å². The number of para-hydroxylation sites is 1. The maximum Gasteiger partial charge on any atom is 0.163 e. The van der Waals surface area contributed by atoms with Crippen LogP contribution in [0, 0.1) is 0 Å². The van der Waals surface area contributed by atoms with Gasteiger partial charge in [-0.2, -0.15) is 0 Å². The molecule has 0 radical (unpaired) electrons. The van der Waals surface area contributed by atoms with Crippen molar-refractivity contribution in [2.75, 3.05) is 0 Å². The first-order chi connectivity index (χ1) is 15.4. The van der Waals surface area contributed by atoms with Gasteiger partial charge in [0, 0.05) is 51.6 Å². The van der Waals surface area contributed by atoms with Gasteiger partial charge in [-0.3, -0.25) is 9.38 Å². The Hall–Kier alpha value is -4.38. The second-order valence-electron chi connectivity index (χ2n) is 7.90. The summed E-state index contributed by atoms with van der Waals surface area (Å²) in [5, 5.41) is 6.47. The second-order valence-corrected chi connectivity index (χ2v) is 7.90. The highest BCUT2D eigenvalue weighted by Crippen LogP contribution is 2.41. The summed E-state index contributed by atoms with van der Waals surface area (Å²) in [6, 6.07) is 20.6. The Bertz CT molecular complexity index is 2010. The Kier molecular flexibility index (Phi) is 2.60. The first-order valence-corrected chi connectivity index (χ1v) is 10.2. The molecule has 0 unspecified atom stereocenters. The van der Waals surface area contributed by atoms with Crippen LogP contribution in [0.4, 0.5) is 0 Å². The number of benzene rings is 3. The van der Waals surface area contributed by atoms with E-state index in [1.807, 2.05) is 48.9 Å². The molecule has 5 heterocycles. The molecule has 5 aromatic heterocycles. The van der Waals surface area contributed by atoms with E-state index in [4.69, 9.17) is 8.83 Å². The number of aromatic nitrogens is 3. The largest absolute Gasteiger partial charge is 0.456 e. The smallest absolute Gasteiger partial charge is 0.163 e. The average molecular weight is 399 g/mol. The fraction of sp³-hybridized carbons (Fsp3) is 0. The first-order valence-electron chi connectivity index (χ1n) is 10.2. The Balaban J connectivity index is 1.63. The van der Waals surface area contributed by atoms with E-state index in [0.29, 0.717) is 0 Å². The standard InChI is InChI=1S/C26H13N3O2/c1-2-6-20-16(4-1)23-21(30-20)8-7-15-18-12-17-14-5-3-9-27-24(14)26-28-10-11-29(26)19(17)13-22(18)31-25(15)23/h1-13H. The molecule has 5 heteroatoms. The summed E-state index contributed by atoms with van der Waals surface area (Å²) in [5.41, 5.74) is 6.21. The number of pyridine rings is 2. The number of rotatable bonds is 0. The third kappa shape index (κ3) is 1.82. The van der Waals surface area contributed by atoms with Gasteiger partial charge in [0.05, 0.1) is 10.9 Å². The lowest BCUT2D eigenvalue weighted by Crippen LogP contribution is -1.92. The summed E-state index contributed by atoms with van der Waals surface area (Å²) in [4.78, 5) is 9.16. The third-order valence-electron chi connectivity index (χ3n) is 6.31. The predicted molar refractivity (Wildman–Crippen MR) is 123 cm³/mol. The highest BCUT2D eigenvalue weighted by Gasteiger charge is 2.18. The molecule has 0 fully saturated rings. The fourth-order valence-electron chi connectivity index (χ4n) is 4.97. The highest BCUT2D eigenvalue weighted by molar-refractivity contribution is 6.24. The first kappa shape index (κ1) is 15.5. The zero-order valence-electron chi connectivity index (χ0n) is 16.2. The molecule has 31 heavy (non-hydrogen) atoms. The van der Waals surface area contributed by atoms with Crippen molar-refractivity contribution < 1.29 is 8.83 Å². The van der Waals surface area contributed by atoms with Gasteiger partial charge in [0.15, 0.2) is 5.65 Å². The molecule has 0 saturated heterocycles. The summed E-state index contributed by atoms with van der Waals surface area (Å²) in [6.07, 6.45) is 5.60. The van der Waals surface area contributed by atoms with E-state index in [2.05, 4.69) is 44.7 Å². The van der Waals surface area contributed by atoms with E-state index in [-0.39, 0.29) is 0 Å². The second kappa shape index (κ2) is 5.21. The van der Waals surface area contributed by atoms with Crippen LogP contribution in [0.1, 0.15) is 0 Å². The number of nitrogens with zero attached hydrogens (tertiary/aromatic N) is 3. The van der Waals surface area contributed by atoms with E-state index >= 15 is 0 Å². The highest BCUT2D eigenvalue weighted by atomic mass is 16.3. The van der Waals surface area contributed by atoms with Gasteiger partial charge in [-0.1, -0.05) is 24.3 Å². The SMILES string of the molecule is c1ccc2c(c1)oc1ccc3c4cc5c6cccnc6c6nccn6c5cc4oc3c12. The maximum absolute atomic E-state index is 6.47. The van der Waals surface area contributed by atoms with Gasteiger partial charge in [0.25, 0.3) is 0 Å². The van der Waals surface area contributed by atoms with Crippen molar-refractivity contribution in [3.8, 4) is 0 Å². The summed E-state index contributed by atoms with van der Waals surface area (Å²) < 4.78 is 14.6. The monoisotopic (exact) mass is 399 g/mol. The van der Waals surface area contributed by atoms with Gasteiger partial charge >= 0.3 is 0 Å². The average Bonchev–Trinajstić information content (AvgIpc) is 3.52. The van der Waals surface area contributed by atoms with Gasteiger partial charge in [-0.15, -0.1) is 0 Å². The summed E-state index contributed by atoms with van der Waals surface area (Å²) in [7, 11) is 0. The molecule has 0 N–H and O–H groups in total. The molecular weight excluding hydrogens is 386 g/mol. The molecule has 0 spiro atoms. The molecule has 0 aliphatic heterocycles. The van der Waals surface area contributed by atoms with Crippen LogP contribution in [-0.4, -0.2) is 14.4 Å². The van der Waals surface area contributed by atoms with Crippen molar-refractivity contribution >= 4 is 71.3 Å². The van der Waals surface area contributed by atoms with Crippen LogP contribution >= 0.6 is 0 Å². The normalized spacial score (nSPS) is 12.5. The van der Waals surface area contributed by atoms with Gasteiger partial charge < -0.3 is 8.83 Å². The van der Waals surface area contributed by atoms with E-state index in [1.165, 1.54) is 0 Å². The van der Waals surface area contributed by atoms with Crippen molar-refractivity contribution in [3.63, 3.8) is 0 Å². The van der Waals surface area contributed by atoms with Crippen molar-refractivity contribution in [1.29, 1.82) is 0 Å². The number of hydrogen-bond donors (Lipinski definition) is 0. The minimum Gasteiger partial charge on any atom is -0.456 e. The van der Waals surface area contributed by atoms with Gasteiger partial charge in [0.2, 0.25) is 0 Å². The molecule has 0 aliphatic rings. The molecule has 8 aromatic rings. The maximum atomic E-state index is 6.47. The molecule has 0 bridgehead atoms. The molecule has 0 atom stereocenters. The van der Waals surface area contributed by atoms with E-state index in [1.54, 1.807) is 0 Å². The molecule has 5 nitrogen and oxygen atoms in total. The van der Waals surface area contributed by atoms with E-state index < -0.39 is 0 Å². The zero-order chi connectivity index (χ0) is 20.1.